The lowest BCUT2D eigenvalue weighted by molar-refractivity contribution is -0.145. The van der Waals surface area contributed by atoms with E-state index in [1.807, 2.05) is 0 Å². The van der Waals surface area contributed by atoms with Crippen molar-refractivity contribution in [2.24, 2.45) is 16.3 Å². The number of hydrogen-bond acceptors (Lipinski definition) is 4. The lowest BCUT2D eigenvalue weighted by Gasteiger charge is -2.58. The van der Waals surface area contributed by atoms with Crippen molar-refractivity contribution in [2.45, 2.75) is 89.8 Å². The maximum Gasteiger partial charge on any atom is 0.191 e. The van der Waals surface area contributed by atoms with E-state index in [1.54, 1.807) is 0 Å². The molecule has 0 radical (unpaired) electrons. The Bertz CT molecular complexity index is 549. The standard InChI is InChI=1S/C24H44N4O2/c1-3-25-23(26-20-8-13-28(14-9-20)17-19-10-15-29-18-19)27-21-16-22(30-4-2)24(21)11-6-5-7-12-24/h19-22H,3-18H2,1-2H3,(H2,25,26,27). The van der Waals surface area contributed by atoms with E-state index in [4.69, 9.17) is 14.5 Å². The summed E-state index contributed by atoms with van der Waals surface area (Å²) in [5.74, 6) is 1.78. The average Bonchev–Trinajstić information content (AvgIpc) is 3.28. The molecule has 1 spiro atoms. The summed E-state index contributed by atoms with van der Waals surface area (Å²) in [5.41, 5.74) is 0.331. The zero-order valence-electron chi connectivity index (χ0n) is 19.3. The van der Waals surface area contributed by atoms with E-state index >= 15 is 0 Å². The van der Waals surface area contributed by atoms with Crippen molar-refractivity contribution in [3.05, 3.63) is 0 Å². The minimum Gasteiger partial charge on any atom is -0.381 e. The van der Waals surface area contributed by atoms with Crippen molar-refractivity contribution in [3.8, 4) is 0 Å². The van der Waals surface area contributed by atoms with Crippen LogP contribution in [0.1, 0.15) is 71.6 Å². The minimum absolute atomic E-state index is 0.331. The van der Waals surface area contributed by atoms with Gasteiger partial charge < -0.3 is 25.0 Å². The number of ether oxygens (including phenoxy) is 2. The van der Waals surface area contributed by atoms with Crippen molar-refractivity contribution in [2.75, 3.05) is 46.0 Å². The topological polar surface area (TPSA) is 58.1 Å². The molecular weight excluding hydrogens is 376 g/mol. The van der Waals surface area contributed by atoms with Gasteiger partial charge in [0.25, 0.3) is 0 Å². The number of piperidine rings is 1. The number of rotatable bonds is 7. The SMILES string of the molecule is CCN=C(NC1CCN(CC2CCOC2)CC1)NC1CC(OCC)C12CCCCC2. The molecule has 0 aromatic carbocycles. The lowest BCUT2D eigenvalue weighted by Crippen LogP contribution is -2.67. The summed E-state index contributed by atoms with van der Waals surface area (Å²) in [6.07, 6.45) is 11.9. The third-order valence-corrected chi connectivity index (χ3v) is 8.03. The predicted molar refractivity (Wildman–Crippen MR) is 122 cm³/mol. The normalized spacial score (nSPS) is 32.9. The molecule has 0 aromatic rings. The first-order chi connectivity index (χ1) is 14.7. The van der Waals surface area contributed by atoms with Gasteiger partial charge in [0.15, 0.2) is 5.96 Å². The number of nitrogens with one attached hydrogen (secondary N) is 2. The molecule has 30 heavy (non-hydrogen) atoms. The van der Waals surface area contributed by atoms with E-state index in [9.17, 15) is 0 Å². The summed E-state index contributed by atoms with van der Waals surface area (Å²) in [7, 11) is 0. The fourth-order valence-corrected chi connectivity index (χ4v) is 6.27. The minimum atomic E-state index is 0.331. The molecule has 2 saturated heterocycles. The van der Waals surface area contributed by atoms with Crippen LogP contribution in [0, 0.1) is 11.3 Å². The summed E-state index contributed by atoms with van der Waals surface area (Å²) in [5, 5.41) is 7.64. The van der Waals surface area contributed by atoms with Gasteiger partial charge in [0.05, 0.1) is 12.7 Å². The molecule has 6 heteroatoms. The van der Waals surface area contributed by atoms with Gasteiger partial charge >= 0.3 is 0 Å². The maximum absolute atomic E-state index is 6.14. The van der Waals surface area contributed by atoms with Gasteiger partial charge in [-0.25, -0.2) is 0 Å². The fourth-order valence-electron chi connectivity index (χ4n) is 6.27. The second kappa shape index (κ2) is 10.6. The van der Waals surface area contributed by atoms with Gasteiger partial charge in [-0.2, -0.15) is 0 Å². The number of hydrogen-bond donors (Lipinski definition) is 2. The molecule has 4 fully saturated rings. The first kappa shape index (κ1) is 22.3. The van der Waals surface area contributed by atoms with Crippen molar-refractivity contribution in [1.82, 2.24) is 15.5 Å². The van der Waals surface area contributed by atoms with Crippen LogP contribution in [-0.4, -0.2) is 75.0 Å². The van der Waals surface area contributed by atoms with E-state index in [0.29, 0.717) is 23.6 Å². The van der Waals surface area contributed by atoms with Crippen LogP contribution in [0.5, 0.6) is 0 Å². The molecule has 4 aliphatic rings. The molecule has 6 nitrogen and oxygen atoms in total. The molecule has 0 bridgehead atoms. The highest BCUT2D eigenvalue weighted by atomic mass is 16.5. The van der Waals surface area contributed by atoms with Crippen LogP contribution in [0.2, 0.25) is 0 Å². The Kier molecular flexibility index (Phi) is 7.93. The first-order valence-electron chi connectivity index (χ1n) is 12.7. The average molecular weight is 421 g/mol. The Labute approximate surface area is 183 Å². The van der Waals surface area contributed by atoms with Crippen LogP contribution in [0.4, 0.5) is 0 Å². The van der Waals surface area contributed by atoms with Crippen LogP contribution in [0.15, 0.2) is 4.99 Å². The van der Waals surface area contributed by atoms with Crippen LogP contribution >= 0.6 is 0 Å². The Morgan fingerprint density at radius 3 is 2.57 bits per heavy atom. The molecule has 3 atom stereocenters. The Hall–Kier alpha value is -0.850. The summed E-state index contributed by atoms with van der Waals surface area (Å²) >= 11 is 0. The molecule has 0 amide bonds. The molecule has 4 rings (SSSR count). The predicted octanol–water partition coefficient (Wildman–Crippen LogP) is 3.17. The van der Waals surface area contributed by atoms with Gasteiger partial charge in [-0.3, -0.25) is 4.99 Å². The van der Waals surface area contributed by atoms with E-state index in [-0.39, 0.29) is 0 Å². The second-order valence-electron chi connectivity index (χ2n) is 9.94. The van der Waals surface area contributed by atoms with Crippen molar-refractivity contribution >= 4 is 5.96 Å². The largest absolute Gasteiger partial charge is 0.381 e. The van der Waals surface area contributed by atoms with Gasteiger partial charge in [-0.05, 0) is 58.3 Å². The quantitative estimate of drug-likeness (QED) is 0.489. The van der Waals surface area contributed by atoms with Crippen molar-refractivity contribution in [3.63, 3.8) is 0 Å². The van der Waals surface area contributed by atoms with E-state index < -0.39 is 0 Å². The Morgan fingerprint density at radius 1 is 1.10 bits per heavy atom. The third kappa shape index (κ3) is 5.13. The Balaban J connectivity index is 1.27. The fraction of sp³-hybridized carbons (Fsp3) is 0.958. The molecular formula is C24H44N4O2. The van der Waals surface area contributed by atoms with Gasteiger partial charge in [0.2, 0.25) is 0 Å². The first-order valence-corrected chi connectivity index (χ1v) is 12.7. The second-order valence-corrected chi connectivity index (χ2v) is 9.94. The smallest absolute Gasteiger partial charge is 0.191 e. The maximum atomic E-state index is 6.14. The van der Waals surface area contributed by atoms with Crippen LogP contribution in [0.3, 0.4) is 0 Å². The highest BCUT2D eigenvalue weighted by molar-refractivity contribution is 5.80. The number of nitrogens with zero attached hydrogens (tertiary/aromatic N) is 2. The molecule has 2 heterocycles. The molecule has 2 aliphatic heterocycles. The van der Waals surface area contributed by atoms with Crippen molar-refractivity contribution in [1.29, 1.82) is 0 Å². The summed E-state index contributed by atoms with van der Waals surface area (Å²) in [4.78, 5) is 7.45. The van der Waals surface area contributed by atoms with Crippen LogP contribution in [-0.2, 0) is 9.47 Å². The summed E-state index contributed by atoms with van der Waals surface area (Å²) in [6.45, 7) is 11.4. The van der Waals surface area contributed by atoms with Crippen LogP contribution in [0.25, 0.3) is 0 Å². The van der Waals surface area contributed by atoms with Gasteiger partial charge in [0, 0.05) is 56.9 Å². The highest BCUT2D eigenvalue weighted by Crippen LogP contribution is 2.53. The monoisotopic (exact) mass is 420 g/mol. The molecule has 2 N–H and O–H groups in total. The molecule has 3 unspecified atom stereocenters. The van der Waals surface area contributed by atoms with Gasteiger partial charge in [0.1, 0.15) is 0 Å². The molecule has 2 aliphatic carbocycles. The zero-order valence-corrected chi connectivity index (χ0v) is 19.3. The molecule has 2 saturated carbocycles. The van der Waals surface area contributed by atoms with E-state index in [2.05, 4.69) is 29.4 Å². The lowest BCUT2D eigenvalue weighted by atomic mass is 9.55. The third-order valence-electron chi connectivity index (χ3n) is 8.03. The van der Waals surface area contributed by atoms with E-state index in [0.717, 1.165) is 44.7 Å². The summed E-state index contributed by atoms with van der Waals surface area (Å²) < 4.78 is 11.7. The van der Waals surface area contributed by atoms with Gasteiger partial charge in [-0.1, -0.05) is 19.3 Å². The Morgan fingerprint density at radius 2 is 1.90 bits per heavy atom. The number of likely N-dealkylation sites (tertiary alicyclic amines) is 1. The van der Waals surface area contributed by atoms with Crippen molar-refractivity contribution < 1.29 is 9.47 Å². The van der Waals surface area contributed by atoms with Crippen LogP contribution < -0.4 is 10.6 Å². The number of aliphatic imine (C=N–C) groups is 1. The van der Waals surface area contributed by atoms with Gasteiger partial charge in [-0.15, -0.1) is 0 Å². The molecule has 172 valence electrons. The highest BCUT2D eigenvalue weighted by Gasteiger charge is 2.56. The summed E-state index contributed by atoms with van der Waals surface area (Å²) in [6, 6.07) is 1.04. The molecule has 0 aromatic heterocycles. The number of guanidine groups is 1. The zero-order chi connectivity index (χ0) is 20.8. The van der Waals surface area contributed by atoms with E-state index in [1.165, 1.54) is 71.0 Å².